The first kappa shape index (κ1) is 12.0. The Morgan fingerprint density at radius 1 is 1.35 bits per heavy atom. The fourth-order valence-corrected chi connectivity index (χ4v) is 1.74. The van der Waals surface area contributed by atoms with Crippen molar-refractivity contribution in [3.8, 4) is 11.5 Å². The minimum Gasteiger partial charge on any atom is -0.454 e. The highest BCUT2D eigenvalue weighted by atomic mass is 35.5. The molecule has 2 rings (SSSR count). The Labute approximate surface area is 106 Å². The van der Waals surface area contributed by atoms with Gasteiger partial charge in [-0.25, -0.2) is 0 Å². The molecule has 0 amide bonds. The average Bonchev–Trinajstić information content (AvgIpc) is 2.77. The number of alkyl halides is 1. The molecule has 3 nitrogen and oxygen atoms in total. The highest BCUT2D eigenvalue weighted by molar-refractivity contribution is 6.17. The van der Waals surface area contributed by atoms with Crippen LogP contribution in [0.25, 0.3) is 0 Å². The van der Waals surface area contributed by atoms with Crippen LogP contribution in [0.2, 0.25) is 0 Å². The molecule has 0 N–H and O–H groups in total. The maximum atomic E-state index is 5.78. The molecule has 0 aliphatic heterocycles. The summed E-state index contributed by atoms with van der Waals surface area (Å²) in [6.07, 6.45) is 4.68. The third kappa shape index (κ3) is 3.24. The molecule has 4 heteroatoms. The highest BCUT2D eigenvalue weighted by Gasteiger charge is 2.01. The first-order chi connectivity index (χ1) is 8.31. The van der Waals surface area contributed by atoms with Gasteiger partial charge in [-0.05, 0) is 24.1 Å². The summed E-state index contributed by atoms with van der Waals surface area (Å²) in [5.41, 5.74) is 1.05. The Bertz CT molecular complexity index is 482. The summed E-state index contributed by atoms with van der Waals surface area (Å²) in [4.78, 5) is 0. The van der Waals surface area contributed by atoms with Gasteiger partial charge in [0.05, 0.1) is 12.4 Å². The summed E-state index contributed by atoms with van der Waals surface area (Å²) in [5.74, 6) is 2.04. The van der Waals surface area contributed by atoms with E-state index in [1.165, 1.54) is 0 Å². The van der Waals surface area contributed by atoms with Crippen molar-refractivity contribution in [1.29, 1.82) is 0 Å². The van der Waals surface area contributed by atoms with E-state index in [0.29, 0.717) is 5.88 Å². The van der Waals surface area contributed by atoms with Gasteiger partial charge in [0, 0.05) is 12.4 Å². The van der Waals surface area contributed by atoms with Crippen LogP contribution in [0.3, 0.4) is 0 Å². The van der Waals surface area contributed by atoms with Crippen molar-refractivity contribution in [3.05, 3.63) is 42.2 Å². The second-order valence-corrected chi connectivity index (χ2v) is 4.09. The Morgan fingerprint density at radius 2 is 2.24 bits per heavy atom. The molecule has 0 aliphatic carbocycles. The molecule has 1 aromatic heterocycles. The van der Waals surface area contributed by atoms with Gasteiger partial charge < -0.3 is 4.74 Å². The molecule has 1 aromatic carbocycles. The molecule has 0 radical (unpaired) electrons. The van der Waals surface area contributed by atoms with E-state index in [-0.39, 0.29) is 0 Å². The third-order valence-electron chi connectivity index (χ3n) is 2.35. The molecule has 0 bridgehead atoms. The van der Waals surface area contributed by atoms with Crippen LogP contribution in [0, 0.1) is 0 Å². The monoisotopic (exact) mass is 250 g/mol. The first-order valence-electron chi connectivity index (χ1n) is 5.67. The van der Waals surface area contributed by atoms with Gasteiger partial charge in [0.25, 0.3) is 0 Å². The normalized spacial score (nSPS) is 10.5. The molecular weight excluding hydrogens is 236 g/mol. The molecule has 0 saturated heterocycles. The van der Waals surface area contributed by atoms with Crippen LogP contribution in [-0.2, 0) is 12.4 Å². The van der Waals surface area contributed by atoms with E-state index < -0.39 is 0 Å². The molecule has 0 saturated carbocycles. The molecule has 90 valence electrons. The molecule has 0 aliphatic rings. The largest absolute Gasteiger partial charge is 0.454 e. The van der Waals surface area contributed by atoms with Crippen molar-refractivity contribution >= 4 is 11.6 Å². The number of ether oxygens (including phenoxy) is 1. The zero-order valence-corrected chi connectivity index (χ0v) is 10.5. The Morgan fingerprint density at radius 3 is 3.00 bits per heavy atom. The fraction of sp³-hybridized carbons (Fsp3) is 0.308. The number of aromatic nitrogens is 2. The van der Waals surface area contributed by atoms with Crippen LogP contribution in [0.5, 0.6) is 11.5 Å². The zero-order valence-electron chi connectivity index (χ0n) is 9.77. The van der Waals surface area contributed by atoms with Crippen molar-refractivity contribution in [2.75, 3.05) is 0 Å². The van der Waals surface area contributed by atoms with E-state index in [4.69, 9.17) is 16.3 Å². The summed E-state index contributed by atoms with van der Waals surface area (Å²) in [6, 6.07) is 7.75. The van der Waals surface area contributed by atoms with E-state index in [2.05, 4.69) is 12.0 Å². The number of rotatable bonds is 5. The second-order valence-electron chi connectivity index (χ2n) is 3.82. The minimum absolute atomic E-state index is 0.492. The van der Waals surface area contributed by atoms with Crippen LogP contribution >= 0.6 is 11.6 Å². The van der Waals surface area contributed by atoms with Crippen LogP contribution in [0.15, 0.2) is 36.7 Å². The predicted octanol–water partition coefficient (Wildman–Crippen LogP) is 3.82. The maximum absolute atomic E-state index is 5.78. The maximum Gasteiger partial charge on any atom is 0.165 e. The lowest BCUT2D eigenvalue weighted by Crippen LogP contribution is -1.95. The predicted molar refractivity (Wildman–Crippen MR) is 68.6 cm³/mol. The molecule has 0 spiro atoms. The van der Waals surface area contributed by atoms with Crippen LogP contribution < -0.4 is 4.74 Å². The SMILES string of the molecule is CCCn1cc(Oc2cccc(CCl)c2)cn1. The van der Waals surface area contributed by atoms with Gasteiger partial charge in [-0.3, -0.25) is 4.68 Å². The van der Waals surface area contributed by atoms with Gasteiger partial charge in [-0.15, -0.1) is 11.6 Å². The van der Waals surface area contributed by atoms with E-state index in [1.807, 2.05) is 35.1 Å². The number of aryl methyl sites for hydroxylation is 1. The van der Waals surface area contributed by atoms with E-state index >= 15 is 0 Å². The van der Waals surface area contributed by atoms with Crippen molar-refractivity contribution in [3.63, 3.8) is 0 Å². The number of nitrogens with zero attached hydrogens (tertiary/aromatic N) is 2. The van der Waals surface area contributed by atoms with Gasteiger partial charge >= 0.3 is 0 Å². The van der Waals surface area contributed by atoms with E-state index in [1.54, 1.807) is 6.20 Å². The molecule has 0 atom stereocenters. The third-order valence-corrected chi connectivity index (χ3v) is 2.66. The first-order valence-corrected chi connectivity index (χ1v) is 6.20. The lowest BCUT2D eigenvalue weighted by molar-refractivity contribution is 0.480. The zero-order chi connectivity index (χ0) is 12.1. The Kier molecular flexibility index (Phi) is 4.04. The summed E-state index contributed by atoms with van der Waals surface area (Å²) in [6.45, 7) is 3.03. The Hall–Kier alpha value is -1.48. The van der Waals surface area contributed by atoms with Crippen molar-refractivity contribution in [1.82, 2.24) is 9.78 Å². The topological polar surface area (TPSA) is 27.1 Å². The molecule has 0 fully saturated rings. The quantitative estimate of drug-likeness (QED) is 0.755. The summed E-state index contributed by atoms with van der Waals surface area (Å²) < 4.78 is 7.58. The second kappa shape index (κ2) is 5.73. The van der Waals surface area contributed by atoms with Gasteiger partial charge in [0.1, 0.15) is 5.75 Å². The lowest BCUT2D eigenvalue weighted by Gasteiger charge is -2.03. The van der Waals surface area contributed by atoms with Gasteiger partial charge in [0.15, 0.2) is 5.75 Å². The highest BCUT2D eigenvalue weighted by Crippen LogP contribution is 2.22. The smallest absolute Gasteiger partial charge is 0.165 e. The average molecular weight is 251 g/mol. The molecule has 0 unspecified atom stereocenters. The number of hydrogen-bond acceptors (Lipinski definition) is 2. The van der Waals surface area contributed by atoms with E-state index in [9.17, 15) is 0 Å². The van der Waals surface area contributed by atoms with Crippen LogP contribution in [-0.4, -0.2) is 9.78 Å². The van der Waals surface area contributed by atoms with E-state index in [0.717, 1.165) is 30.0 Å². The van der Waals surface area contributed by atoms with Crippen molar-refractivity contribution in [2.24, 2.45) is 0 Å². The van der Waals surface area contributed by atoms with Gasteiger partial charge in [0.2, 0.25) is 0 Å². The number of halogens is 1. The van der Waals surface area contributed by atoms with Crippen molar-refractivity contribution < 1.29 is 4.74 Å². The molecular formula is C13H15ClN2O. The summed E-state index contributed by atoms with van der Waals surface area (Å²) >= 11 is 5.78. The number of benzene rings is 1. The number of hydrogen-bond donors (Lipinski definition) is 0. The van der Waals surface area contributed by atoms with Gasteiger partial charge in [-0.2, -0.15) is 5.10 Å². The molecule has 2 aromatic rings. The standard InChI is InChI=1S/C13H15ClN2O/c1-2-6-16-10-13(9-15-16)17-12-5-3-4-11(7-12)8-14/h3-5,7,9-10H,2,6,8H2,1H3. The summed E-state index contributed by atoms with van der Waals surface area (Å²) in [7, 11) is 0. The summed E-state index contributed by atoms with van der Waals surface area (Å²) in [5, 5.41) is 4.21. The lowest BCUT2D eigenvalue weighted by atomic mass is 10.2. The van der Waals surface area contributed by atoms with Gasteiger partial charge in [-0.1, -0.05) is 19.1 Å². The molecule has 1 heterocycles. The fourth-order valence-electron chi connectivity index (χ4n) is 1.58. The minimum atomic E-state index is 0.492. The van der Waals surface area contributed by atoms with Crippen LogP contribution in [0.4, 0.5) is 0 Å². The van der Waals surface area contributed by atoms with Crippen LogP contribution in [0.1, 0.15) is 18.9 Å². The Balaban J connectivity index is 2.08. The molecule has 17 heavy (non-hydrogen) atoms. The van der Waals surface area contributed by atoms with Crippen molar-refractivity contribution in [2.45, 2.75) is 25.8 Å².